The molecule has 1 aromatic carbocycles. The Bertz CT molecular complexity index is 647. The molecule has 1 aromatic heterocycles. The van der Waals surface area contributed by atoms with Crippen molar-refractivity contribution >= 4 is 6.03 Å². The van der Waals surface area contributed by atoms with Crippen LogP contribution >= 0.6 is 0 Å². The number of amides is 2. The molecule has 2 aromatic rings. The topological polar surface area (TPSA) is 58.1 Å². The predicted octanol–water partition coefficient (Wildman–Crippen LogP) is 3.05. The first kappa shape index (κ1) is 15.4. The van der Waals surface area contributed by atoms with Crippen LogP contribution < -0.4 is 5.32 Å². The average molecular weight is 314 g/mol. The van der Waals surface area contributed by atoms with Gasteiger partial charge in [-0.2, -0.15) is 0 Å². The van der Waals surface area contributed by atoms with Crippen molar-refractivity contribution in [2.75, 3.05) is 6.54 Å². The number of halogens is 1. The summed E-state index contributed by atoms with van der Waals surface area (Å²) in [5, 5.41) is 2.87. The first-order valence-electron chi connectivity index (χ1n) is 7.80. The second-order valence-electron chi connectivity index (χ2n) is 5.58. The summed E-state index contributed by atoms with van der Waals surface area (Å²) in [5.74, 6) is 0.318. The molecule has 1 fully saturated rings. The smallest absolute Gasteiger partial charge is 0.318 e. The van der Waals surface area contributed by atoms with Crippen LogP contribution in [-0.4, -0.2) is 27.4 Å². The highest BCUT2D eigenvalue weighted by Gasteiger charge is 2.27. The molecule has 0 spiro atoms. The number of aromatic nitrogens is 2. The standard InChI is InChI=1S/C17H19FN4O/c18-14-7-5-13(6-8-14)15-4-1-2-11-22(15)17(23)21-12-16-19-9-3-10-20-16/h3,5-10,15H,1-2,4,11-12H2,(H,21,23). The maximum atomic E-state index is 13.1. The van der Waals surface area contributed by atoms with E-state index >= 15 is 0 Å². The van der Waals surface area contributed by atoms with E-state index in [0.717, 1.165) is 24.8 Å². The Hall–Kier alpha value is -2.50. The van der Waals surface area contributed by atoms with Crippen LogP contribution in [0.15, 0.2) is 42.7 Å². The fraction of sp³-hybridized carbons (Fsp3) is 0.353. The van der Waals surface area contributed by atoms with E-state index in [-0.39, 0.29) is 17.9 Å². The zero-order chi connectivity index (χ0) is 16.1. The van der Waals surface area contributed by atoms with Crippen LogP contribution in [0.2, 0.25) is 0 Å². The summed E-state index contributed by atoms with van der Waals surface area (Å²) in [6.45, 7) is 0.996. The summed E-state index contributed by atoms with van der Waals surface area (Å²) in [6, 6.07) is 7.99. The van der Waals surface area contributed by atoms with Crippen LogP contribution in [0, 0.1) is 5.82 Å². The van der Waals surface area contributed by atoms with E-state index in [1.807, 2.05) is 4.90 Å². The number of carbonyl (C=O) groups is 1. The van der Waals surface area contributed by atoms with Gasteiger partial charge in [0.15, 0.2) is 0 Å². The van der Waals surface area contributed by atoms with Gasteiger partial charge in [0.25, 0.3) is 0 Å². The average Bonchev–Trinajstić information content (AvgIpc) is 2.61. The molecule has 120 valence electrons. The van der Waals surface area contributed by atoms with Gasteiger partial charge in [0, 0.05) is 18.9 Å². The van der Waals surface area contributed by atoms with E-state index in [2.05, 4.69) is 15.3 Å². The lowest BCUT2D eigenvalue weighted by Crippen LogP contribution is -2.44. The van der Waals surface area contributed by atoms with Gasteiger partial charge >= 0.3 is 6.03 Å². The largest absolute Gasteiger partial charge is 0.331 e. The summed E-state index contributed by atoms with van der Waals surface area (Å²) in [6.07, 6.45) is 6.23. The van der Waals surface area contributed by atoms with Crippen molar-refractivity contribution in [2.24, 2.45) is 0 Å². The molecule has 0 bridgehead atoms. The van der Waals surface area contributed by atoms with Crippen LogP contribution in [0.5, 0.6) is 0 Å². The van der Waals surface area contributed by atoms with E-state index in [1.54, 1.807) is 30.6 Å². The normalized spacial score (nSPS) is 17.8. The fourth-order valence-electron chi connectivity index (χ4n) is 2.88. The van der Waals surface area contributed by atoms with Crippen LogP contribution in [0.1, 0.15) is 36.7 Å². The van der Waals surface area contributed by atoms with Gasteiger partial charge in [0.2, 0.25) is 0 Å². The number of benzene rings is 1. The molecule has 1 unspecified atom stereocenters. The highest BCUT2D eigenvalue weighted by atomic mass is 19.1. The van der Waals surface area contributed by atoms with Gasteiger partial charge in [-0.25, -0.2) is 19.2 Å². The second-order valence-corrected chi connectivity index (χ2v) is 5.58. The summed E-state index contributed by atoms with van der Waals surface area (Å²) in [5.41, 5.74) is 0.970. The summed E-state index contributed by atoms with van der Waals surface area (Å²) >= 11 is 0. The molecule has 3 rings (SSSR count). The predicted molar refractivity (Wildman–Crippen MR) is 84.0 cm³/mol. The van der Waals surface area contributed by atoms with Crippen molar-refractivity contribution in [3.63, 3.8) is 0 Å². The van der Waals surface area contributed by atoms with Crippen molar-refractivity contribution in [1.82, 2.24) is 20.2 Å². The molecule has 1 aliphatic rings. The molecule has 6 heteroatoms. The molecule has 0 aliphatic carbocycles. The number of rotatable bonds is 3. The van der Waals surface area contributed by atoms with Gasteiger partial charge in [-0.1, -0.05) is 12.1 Å². The number of urea groups is 1. The Balaban J connectivity index is 1.68. The molecule has 0 saturated carbocycles. The molecular weight excluding hydrogens is 295 g/mol. The van der Waals surface area contributed by atoms with Crippen LogP contribution in [0.25, 0.3) is 0 Å². The van der Waals surface area contributed by atoms with Gasteiger partial charge in [-0.15, -0.1) is 0 Å². The fourth-order valence-corrected chi connectivity index (χ4v) is 2.88. The molecule has 23 heavy (non-hydrogen) atoms. The van der Waals surface area contributed by atoms with Crippen LogP contribution in [-0.2, 0) is 6.54 Å². The molecule has 1 atom stereocenters. The van der Waals surface area contributed by atoms with Gasteiger partial charge in [0.1, 0.15) is 11.6 Å². The maximum Gasteiger partial charge on any atom is 0.318 e. The van der Waals surface area contributed by atoms with Crippen molar-refractivity contribution in [3.05, 3.63) is 59.9 Å². The lowest BCUT2D eigenvalue weighted by Gasteiger charge is -2.36. The first-order chi connectivity index (χ1) is 11.2. The summed E-state index contributed by atoms with van der Waals surface area (Å²) in [4.78, 5) is 22.5. The number of nitrogens with zero attached hydrogens (tertiary/aromatic N) is 3. The minimum atomic E-state index is -0.262. The lowest BCUT2D eigenvalue weighted by molar-refractivity contribution is 0.151. The zero-order valence-electron chi connectivity index (χ0n) is 12.8. The van der Waals surface area contributed by atoms with Crippen molar-refractivity contribution in [3.8, 4) is 0 Å². The van der Waals surface area contributed by atoms with E-state index in [4.69, 9.17) is 0 Å². The number of hydrogen-bond acceptors (Lipinski definition) is 3. The second kappa shape index (κ2) is 7.17. The van der Waals surface area contributed by atoms with E-state index in [1.165, 1.54) is 12.1 Å². The highest BCUT2D eigenvalue weighted by Crippen LogP contribution is 2.30. The molecule has 1 aliphatic heterocycles. The van der Waals surface area contributed by atoms with E-state index < -0.39 is 0 Å². The molecule has 2 amide bonds. The van der Waals surface area contributed by atoms with Crippen molar-refractivity contribution in [2.45, 2.75) is 31.8 Å². The van der Waals surface area contributed by atoms with Crippen LogP contribution in [0.4, 0.5) is 9.18 Å². The number of piperidine rings is 1. The van der Waals surface area contributed by atoms with Crippen LogP contribution in [0.3, 0.4) is 0 Å². The minimum Gasteiger partial charge on any atom is -0.331 e. The Morgan fingerprint density at radius 2 is 1.96 bits per heavy atom. The monoisotopic (exact) mass is 314 g/mol. The first-order valence-corrected chi connectivity index (χ1v) is 7.80. The van der Waals surface area contributed by atoms with Gasteiger partial charge in [-0.3, -0.25) is 0 Å². The Morgan fingerprint density at radius 1 is 1.22 bits per heavy atom. The van der Waals surface area contributed by atoms with Gasteiger partial charge < -0.3 is 10.2 Å². The summed E-state index contributed by atoms with van der Waals surface area (Å²) < 4.78 is 13.1. The van der Waals surface area contributed by atoms with Crippen molar-refractivity contribution < 1.29 is 9.18 Å². The molecule has 2 heterocycles. The third-order valence-electron chi connectivity index (χ3n) is 4.04. The molecule has 1 saturated heterocycles. The molecule has 5 nitrogen and oxygen atoms in total. The SMILES string of the molecule is O=C(NCc1ncccn1)N1CCCCC1c1ccc(F)cc1. The molecule has 1 N–H and O–H groups in total. The van der Waals surface area contributed by atoms with Gasteiger partial charge in [0.05, 0.1) is 12.6 Å². The number of carbonyl (C=O) groups excluding carboxylic acids is 1. The van der Waals surface area contributed by atoms with Gasteiger partial charge in [-0.05, 0) is 43.0 Å². The Labute approximate surface area is 134 Å². The third-order valence-corrected chi connectivity index (χ3v) is 4.04. The summed E-state index contributed by atoms with van der Waals surface area (Å²) in [7, 11) is 0. The molecule has 0 radical (unpaired) electrons. The third kappa shape index (κ3) is 3.83. The van der Waals surface area contributed by atoms with E-state index in [9.17, 15) is 9.18 Å². The minimum absolute atomic E-state index is 0.0129. The quantitative estimate of drug-likeness (QED) is 0.947. The Morgan fingerprint density at radius 3 is 2.70 bits per heavy atom. The maximum absolute atomic E-state index is 13.1. The number of likely N-dealkylation sites (tertiary alicyclic amines) is 1. The lowest BCUT2D eigenvalue weighted by atomic mass is 9.95. The number of hydrogen-bond donors (Lipinski definition) is 1. The highest BCUT2D eigenvalue weighted by molar-refractivity contribution is 5.74. The van der Waals surface area contributed by atoms with Crippen molar-refractivity contribution in [1.29, 1.82) is 0 Å². The number of nitrogens with one attached hydrogen (secondary N) is 1. The zero-order valence-corrected chi connectivity index (χ0v) is 12.8. The van der Waals surface area contributed by atoms with E-state index in [0.29, 0.717) is 18.9 Å². The Kier molecular flexibility index (Phi) is 4.80. The molecular formula is C17H19FN4O.